The van der Waals surface area contributed by atoms with Gasteiger partial charge in [0.05, 0.1) is 21.7 Å². The number of carbonyl (C=O) groups excluding carboxylic acids is 1. The third kappa shape index (κ3) is 4.05. The highest BCUT2D eigenvalue weighted by Crippen LogP contribution is 2.31. The van der Waals surface area contributed by atoms with Crippen molar-refractivity contribution in [3.63, 3.8) is 0 Å². The highest BCUT2D eigenvalue weighted by atomic mass is 32.1. The fraction of sp³-hybridized carbons (Fsp3) is 0.300. The number of ether oxygens (including phenoxy) is 3. The van der Waals surface area contributed by atoms with Crippen molar-refractivity contribution in [2.45, 2.75) is 19.6 Å². The van der Waals surface area contributed by atoms with Crippen LogP contribution >= 0.6 is 11.3 Å². The summed E-state index contributed by atoms with van der Waals surface area (Å²) in [5.41, 5.74) is 0.607. The Hall–Kier alpha value is -3.24. The van der Waals surface area contributed by atoms with Gasteiger partial charge in [0.2, 0.25) is 6.10 Å². The number of thiazole rings is 1. The lowest BCUT2D eigenvalue weighted by Gasteiger charge is -2.23. The van der Waals surface area contributed by atoms with Crippen LogP contribution < -0.4 is 14.3 Å². The third-order valence-electron chi connectivity index (χ3n) is 4.53. The van der Waals surface area contributed by atoms with Gasteiger partial charge >= 0.3 is 0 Å². The predicted molar refractivity (Wildman–Crippen MR) is 110 cm³/mol. The van der Waals surface area contributed by atoms with E-state index >= 15 is 0 Å². The molecular formula is C20H19N3O6S. The first kappa shape index (κ1) is 20.0. The summed E-state index contributed by atoms with van der Waals surface area (Å²) >= 11 is 1.28. The van der Waals surface area contributed by atoms with Gasteiger partial charge in [-0.15, -0.1) is 0 Å². The summed E-state index contributed by atoms with van der Waals surface area (Å²) in [6.45, 7) is 3.29. The van der Waals surface area contributed by atoms with Crippen LogP contribution in [0.4, 0.5) is 5.69 Å². The number of nitrogens with zero attached hydrogens (tertiary/aromatic N) is 3. The minimum absolute atomic E-state index is 0.0241. The van der Waals surface area contributed by atoms with Crippen molar-refractivity contribution in [3.05, 3.63) is 57.4 Å². The number of amides is 1. The summed E-state index contributed by atoms with van der Waals surface area (Å²) in [6.07, 6.45) is -0.861. The van der Waals surface area contributed by atoms with Crippen LogP contribution in [0.2, 0.25) is 0 Å². The molecule has 1 amide bonds. The first-order valence-electron chi connectivity index (χ1n) is 9.39. The molecule has 1 atom stereocenters. The molecule has 0 saturated carbocycles. The third-order valence-corrected chi connectivity index (χ3v) is 5.59. The molecule has 0 aliphatic carbocycles. The lowest BCUT2D eigenvalue weighted by atomic mass is 10.2. The summed E-state index contributed by atoms with van der Waals surface area (Å²) in [6, 6.07) is 11.7. The molecule has 2 heterocycles. The number of nitro benzene ring substituents is 1. The summed E-state index contributed by atoms with van der Waals surface area (Å²) < 4.78 is 19.3. The van der Waals surface area contributed by atoms with Gasteiger partial charge in [0.1, 0.15) is 6.61 Å². The van der Waals surface area contributed by atoms with E-state index < -0.39 is 16.9 Å². The van der Waals surface area contributed by atoms with E-state index in [0.29, 0.717) is 41.6 Å². The smallest absolute Gasteiger partial charge is 0.292 e. The fourth-order valence-corrected chi connectivity index (χ4v) is 4.12. The second-order valence-corrected chi connectivity index (χ2v) is 7.47. The average Bonchev–Trinajstić information content (AvgIpc) is 3.09. The minimum atomic E-state index is -0.861. The molecule has 1 aliphatic heterocycles. The number of aromatic nitrogens is 1. The van der Waals surface area contributed by atoms with E-state index in [1.807, 2.05) is 13.0 Å². The lowest BCUT2D eigenvalue weighted by Crippen LogP contribution is -2.37. The van der Waals surface area contributed by atoms with Crippen LogP contribution in [0, 0.1) is 10.1 Å². The summed E-state index contributed by atoms with van der Waals surface area (Å²) in [5, 5.41) is 11.2. The fourth-order valence-electron chi connectivity index (χ4n) is 3.08. The van der Waals surface area contributed by atoms with Crippen LogP contribution in [0.1, 0.15) is 6.92 Å². The van der Waals surface area contributed by atoms with Crippen molar-refractivity contribution in [2.24, 2.45) is 4.99 Å². The Morgan fingerprint density at radius 3 is 2.90 bits per heavy atom. The number of fused-ring (bicyclic) bond motifs is 2. The number of hydrogen-bond acceptors (Lipinski definition) is 7. The number of rotatable bonds is 6. The standard InChI is InChI=1S/C20H19N3O6S/c1-2-27-10-9-22-14-11-13(23(25)26)7-8-18(14)30-20(22)21-19(24)17-12-28-15-5-3-4-6-16(15)29-17/h3-8,11,17H,2,9-10,12H2,1H3. The molecule has 0 saturated heterocycles. The zero-order valence-corrected chi connectivity index (χ0v) is 17.0. The van der Waals surface area contributed by atoms with Crippen LogP contribution in [-0.4, -0.2) is 41.3 Å². The van der Waals surface area contributed by atoms with E-state index in [1.165, 1.54) is 23.5 Å². The Balaban J connectivity index is 1.69. The average molecular weight is 429 g/mol. The molecule has 10 heteroatoms. The molecule has 0 fully saturated rings. The van der Waals surface area contributed by atoms with Crippen molar-refractivity contribution in [1.29, 1.82) is 0 Å². The molecule has 0 N–H and O–H groups in total. The maximum Gasteiger partial charge on any atom is 0.292 e. The topological polar surface area (TPSA) is 105 Å². The zero-order valence-electron chi connectivity index (χ0n) is 16.1. The number of benzene rings is 2. The van der Waals surface area contributed by atoms with Gasteiger partial charge in [-0.2, -0.15) is 4.99 Å². The summed E-state index contributed by atoms with van der Waals surface area (Å²) in [4.78, 5) is 28.2. The normalized spacial score (nSPS) is 16.0. The molecule has 2 aromatic carbocycles. The molecule has 0 spiro atoms. The Kier molecular flexibility index (Phi) is 5.77. The Morgan fingerprint density at radius 2 is 2.13 bits per heavy atom. The van der Waals surface area contributed by atoms with Crippen LogP contribution in [0.15, 0.2) is 47.5 Å². The van der Waals surface area contributed by atoms with Gasteiger partial charge in [0, 0.05) is 25.3 Å². The van der Waals surface area contributed by atoms with E-state index in [0.717, 1.165) is 4.70 Å². The minimum Gasteiger partial charge on any atom is -0.485 e. The van der Waals surface area contributed by atoms with Gasteiger partial charge in [-0.05, 0) is 25.1 Å². The molecule has 0 radical (unpaired) electrons. The molecule has 9 nitrogen and oxygen atoms in total. The Bertz CT molecular complexity index is 1170. The Morgan fingerprint density at radius 1 is 1.33 bits per heavy atom. The first-order chi connectivity index (χ1) is 14.6. The van der Waals surface area contributed by atoms with Crippen molar-refractivity contribution >= 4 is 33.1 Å². The zero-order chi connectivity index (χ0) is 21.1. The molecule has 1 aromatic heterocycles. The molecule has 0 bridgehead atoms. The van der Waals surface area contributed by atoms with Gasteiger partial charge in [-0.25, -0.2) is 0 Å². The molecular weight excluding hydrogens is 410 g/mol. The molecule has 1 aliphatic rings. The van der Waals surface area contributed by atoms with Crippen molar-refractivity contribution < 1.29 is 23.9 Å². The van der Waals surface area contributed by atoms with Gasteiger partial charge < -0.3 is 18.8 Å². The summed E-state index contributed by atoms with van der Waals surface area (Å²) in [7, 11) is 0. The van der Waals surface area contributed by atoms with E-state index in [1.54, 1.807) is 28.8 Å². The van der Waals surface area contributed by atoms with E-state index in [-0.39, 0.29) is 12.3 Å². The lowest BCUT2D eigenvalue weighted by molar-refractivity contribution is -0.384. The second-order valence-electron chi connectivity index (χ2n) is 6.46. The van der Waals surface area contributed by atoms with Crippen LogP contribution in [0.25, 0.3) is 10.2 Å². The van der Waals surface area contributed by atoms with Crippen molar-refractivity contribution in [2.75, 3.05) is 19.8 Å². The number of para-hydroxylation sites is 2. The quantitative estimate of drug-likeness (QED) is 0.339. The van der Waals surface area contributed by atoms with Gasteiger partial charge in [-0.3, -0.25) is 14.9 Å². The van der Waals surface area contributed by atoms with Crippen molar-refractivity contribution in [3.8, 4) is 11.5 Å². The molecule has 156 valence electrons. The predicted octanol–water partition coefficient (Wildman–Crippen LogP) is 2.91. The van der Waals surface area contributed by atoms with Gasteiger partial charge in [-0.1, -0.05) is 23.5 Å². The van der Waals surface area contributed by atoms with Crippen LogP contribution in [0.3, 0.4) is 0 Å². The molecule has 4 rings (SSSR count). The SMILES string of the molecule is CCOCCn1c(=NC(=O)C2COc3ccccc3O2)sc2ccc([N+](=O)[O-])cc21. The monoisotopic (exact) mass is 429 g/mol. The van der Waals surface area contributed by atoms with Gasteiger partial charge in [0.25, 0.3) is 11.6 Å². The number of non-ortho nitro benzene ring substituents is 1. The molecule has 1 unspecified atom stereocenters. The number of carbonyl (C=O) groups is 1. The first-order valence-corrected chi connectivity index (χ1v) is 10.2. The largest absolute Gasteiger partial charge is 0.485 e. The van der Waals surface area contributed by atoms with Crippen molar-refractivity contribution in [1.82, 2.24) is 4.57 Å². The van der Waals surface area contributed by atoms with Crippen LogP contribution in [-0.2, 0) is 16.1 Å². The number of nitro groups is 1. The highest BCUT2D eigenvalue weighted by molar-refractivity contribution is 7.16. The van der Waals surface area contributed by atoms with Gasteiger partial charge in [0.15, 0.2) is 16.3 Å². The Labute approximate surface area is 175 Å². The van der Waals surface area contributed by atoms with E-state index in [4.69, 9.17) is 14.2 Å². The number of hydrogen-bond donors (Lipinski definition) is 0. The van der Waals surface area contributed by atoms with E-state index in [9.17, 15) is 14.9 Å². The maximum atomic E-state index is 12.8. The highest BCUT2D eigenvalue weighted by Gasteiger charge is 2.27. The molecule has 3 aromatic rings. The van der Waals surface area contributed by atoms with Crippen LogP contribution in [0.5, 0.6) is 11.5 Å². The van der Waals surface area contributed by atoms with E-state index in [2.05, 4.69) is 4.99 Å². The second kappa shape index (κ2) is 8.64. The maximum absolute atomic E-state index is 12.8. The molecule has 30 heavy (non-hydrogen) atoms. The summed E-state index contributed by atoms with van der Waals surface area (Å²) in [5.74, 6) is 0.603.